The third-order valence-electron chi connectivity index (χ3n) is 2.26. The fraction of sp³-hybridized carbons (Fsp3) is 0.500. The Kier molecular flexibility index (Phi) is 4.84. The van der Waals surface area contributed by atoms with Crippen molar-refractivity contribution in [3.05, 3.63) is 34.6 Å². The minimum Gasteiger partial charge on any atom is -0.598 e. The Morgan fingerprint density at radius 1 is 1.41 bits per heavy atom. The zero-order valence-corrected chi connectivity index (χ0v) is 12.0. The summed E-state index contributed by atoms with van der Waals surface area (Å²) in [6.45, 7) is 7.34. The summed E-state index contributed by atoms with van der Waals surface area (Å²) in [6, 6.07) is 4.01. The van der Waals surface area contributed by atoms with Crippen LogP contribution >= 0.6 is 11.6 Å². The van der Waals surface area contributed by atoms with Crippen LogP contribution in [0, 0.1) is 5.82 Å². The van der Waals surface area contributed by atoms with Crippen LogP contribution in [0.25, 0.3) is 0 Å². The lowest BCUT2D eigenvalue weighted by molar-refractivity contribution is 0.522. The molecule has 17 heavy (non-hydrogen) atoms. The summed E-state index contributed by atoms with van der Waals surface area (Å²) in [6.07, 6.45) is 0. The minimum absolute atomic E-state index is 0.347. The first-order chi connectivity index (χ1) is 7.71. The maximum atomic E-state index is 13.6. The molecule has 0 saturated heterocycles. The fourth-order valence-electron chi connectivity index (χ4n) is 1.25. The third kappa shape index (κ3) is 4.14. The van der Waals surface area contributed by atoms with Crippen LogP contribution in [0.3, 0.4) is 0 Å². The van der Waals surface area contributed by atoms with Gasteiger partial charge >= 0.3 is 0 Å². The van der Waals surface area contributed by atoms with Crippen LogP contribution in [-0.2, 0) is 11.4 Å². The van der Waals surface area contributed by atoms with Gasteiger partial charge in [0.25, 0.3) is 0 Å². The van der Waals surface area contributed by atoms with Crippen molar-refractivity contribution >= 4 is 23.0 Å². The minimum atomic E-state index is -1.24. The number of benzene rings is 1. The van der Waals surface area contributed by atoms with Crippen LogP contribution in [0.5, 0.6) is 0 Å². The van der Waals surface area contributed by atoms with Crippen molar-refractivity contribution in [2.45, 2.75) is 38.5 Å². The lowest BCUT2D eigenvalue weighted by atomic mass is 10.1. The van der Waals surface area contributed by atoms with Gasteiger partial charge in [0, 0.05) is 21.9 Å². The highest BCUT2D eigenvalue weighted by Crippen LogP contribution is 2.24. The van der Waals surface area contributed by atoms with E-state index in [1.165, 1.54) is 12.1 Å². The summed E-state index contributed by atoms with van der Waals surface area (Å²) < 4.78 is 28.0. The highest BCUT2D eigenvalue weighted by molar-refractivity contribution is 7.90. The van der Waals surface area contributed by atoms with Gasteiger partial charge in [-0.25, -0.2) is 4.39 Å². The van der Waals surface area contributed by atoms with Crippen LogP contribution in [0.1, 0.15) is 39.3 Å². The number of hydrogen-bond acceptors (Lipinski definition) is 2. The summed E-state index contributed by atoms with van der Waals surface area (Å²) in [4.78, 5) is 0. The van der Waals surface area contributed by atoms with Gasteiger partial charge in [-0.1, -0.05) is 11.6 Å². The average Bonchev–Trinajstić information content (AvgIpc) is 2.20. The normalized spacial score (nSPS) is 15.7. The largest absolute Gasteiger partial charge is 0.598 e. The number of nitrogens with one attached hydrogen (secondary N) is 1. The van der Waals surface area contributed by atoms with E-state index < -0.39 is 11.4 Å². The van der Waals surface area contributed by atoms with E-state index in [-0.39, 0.29) is 16.6 Å². The Morgan fingerprint density at radius 3 is 2.53 bits per heavy atom. The topological polar surface area (TPSA) is 35.1 Å². The Hall–Kier alpha value is -0.290. The predicted molar refractivity (Wildman–Crippen MR) is 70.9 cm³/mol. The summed E-state index contributed by atoms with van der Waals surface area (Å²) >= 11 is 4.57. The summed E-state index contributed by atoms with van der Waals surface area (Å²) in [5.41, 5.74) is 0.426. The molecular formula is C12H17ClFNOS. The predicted octanol–water partition coefficient (Wildman–Crippen LogP) is 3.59. The molecule has 1 rings (SSSR count). The van der Waals surface area contributed by atoms with E-state index >= 15 is 0 Å². The number of halogens is 2. The fourth-order valence-corrected chi connectivity index (χ4v) is 2.23. The van der Waals surface area contributed by atoms with Gasteiger partial charge in [-0.3, -0.25) is 0 Å². The molecule has 0 heterocycles. The second-order valence-electron chi connectivity index (χ2n) is 4.89. The lowest BCUT2D eigenvalue weighted by Crippen LogP contribution is -2.40. The highest BCUT2D eigenvalue weighted by Gasteiger charge is 2.29. The molecule has 0 spiro atoms. The molecule has 0 aliphatic heterocycles. The van der Waals surface area contributed by atoms with E-state index in [2.05, 4.69) is 4.72 Å². The molecule has 0 aliphatic rings. The molecular weight excluding hydrogens is 261 g/mol. The van der Waals surface area contributed by atoms with E-state index in [1.54, 1.807) is 13.0 Å². The van der Waals surface area contributed by atoms with E-state index in [9.17, 15) is 8.94 Å². The summed E-state index contributed by atoms with van der Waals surface area (Å²) in [7, 11) is 0. The van der Waals surface area contributed by atoms with Crippen molar-refractivity contribution in [2.24, 2.45) is 0 Å². The van der Waals surface area contributed by atoms with Crippen molar-refractivity contribution in [3.63, 3.8) is 0 Å². The molecule has 0 radical (unpaired) electrons. The molecule has 2 atom stereocenters. The van der Waals surface area contributed by atoms with E-state index in [0.29, 0.717) is 10.6 Å². The SMILES string of the molecule is C[C@H](N[S@+]([O-])C(C)(C)C)c1cc(Cl)ccc1F. The zero-order valence-electron chi connectivity index (χ0n) is 10.4. The first-order valence-corrected chi connectivity index (χ1v) is 6.87. The quantitative estimate of drug-likeness (QED) is 0.857. The summed E-state index contributed by atoms with van der Waals surface area (Å²) in [5.74, 6) is -0.347. The van der Waals surface area contributed by atoms with Gasteiger partial charge in [0.1, 0.15) is 10.6 Å². The van der Waals surface area contributed by atoms with Gasteiger partial charge in [-0.15, -0.1) is 4.72 Å². The van der Waals surface area contributed by atoms with Gasteiger partial charge in [0.15, 0.2) is 0 Å². The van der Waals surface area contributed by atoms with Gasteiger partial charge in [-0.2, -0.15) is 0 Å². The molecule has 1 aromatic rings. The van der Waals surface area contributed by atoms with Crippen LogP contribution in [0.15, 0.2) is 18.2 Å². The average molecular weight is 278 g/mol. The van der Waals surface area contributed by atoms with Crippen LogP contribution in [0.4, 0.5) is 4.39 Å². The lowest BCUT2D eigenvalue weighted by Gasteiger charge is -2.26. The first kappa shape index (κ1) is 14.8. The van der Waals surface area contributed by atoms with Crippen molar-refractivity contribution in [1.82, 2.24) is 4.72 Å². The number of hydrogen-bond donors (Lipinski definition) is 1. The second-order valence-corrected chi connectivity index (χ2v) is 7.32. The Balaban J connectivity index is 2.83. The highest BCUT2D eigenvalue weighted by atomic mass is 35.5. The first-order valence-electron chi connectivity index (χ1n) is 5.35. The zero-order chi connectivity index (χ0) is 13.2. The van der Waals surface area contributed by atoms with Gasteiger partial charge in [0.2, 0.25) is 0 Å². The maximum absolute atomic E-state index is 13.6. The molecule has 0 aliphatic carbocycles. The van der Waals surface area contributed by atoms with Crippen molar-refractivity contribution in [1.29, 1.82) is 0 Å². The number of rotatable bonds is 3. The standard InChI is InChI=1S/C12H17ClFNOS/c1-8(15-17(16)12(2,3)4)10-7-9(13)5-6-11(10)14/h5-8,15H,1-4H3/t8-,17+/m0/s1. The molecule has 2 nitrogen and oxygen atoms in total. The molecule has 96 valence electrons. The molecule has 1 aromatic carbocycles. The molecule has 0 amide bonds. The Labute approximate surface area is 110 Å². The Morgan fingerprint density at radius 2 is 2.00 bits per heavy atom. The van der Waals surface area contributed by atoms with Gasteiger partial charge in [0.05, 0.1) is 6.04 Å². The molecule has 0 unspecified atom stereocenters. The van der Waals surface area contributed by atoms with Crippen LogP contribution < -0.4 is 4.72 Å². The molecule has 0 fully saturated rings. The molecule has 0 aromatic heterocycles. The van der Waals surface area contributed by atoms with Crippen molar-refractivity contribution in [2.75, 3.05) is 0 Å². The molecule has 0 saturated carbocycles. The molecule has 0 bridgehead atoms. The van der Waals surface area contributed by atoms with E-state index in [4.69, 9.17) is 11.6 Å². The van der Waals surface area contributed by atoms with Gasteiger partial charge in [-0.05, 0) is 45.9 Å². The molecule has 1 N–H and O–H groups in total. The maximum Gasteiger partial charge on any atom is 0.136 e. The monoisotopic (exact) mass is 277 g/mol. The third-order valence-corrected chi connectivity index (χ3v) is 4.18. The van der Waals surface area contributed by atoms with Crippen molar-refractivity contribution in [3.8, 4) is 0 Å². The smallest absolute Gasteiger partial charge is 0.136 e. The van der Waals surface area contributed by atoms with Crippen LogP contribution in [-0.4, -0.2) is 9.30 Å². The van der Waals surface area contributed by atoms with E-state index in [0.717, 1.165) is 0 Å². The molecule has 5 heteroatoms. The Bertz CT molecular complexity index is 395. The van der Waals surface area contributed by atoms with Crippen LogP contribution in [0.2, 0.25) is 5.02 Å². The van der Waals surface area contributed by atoms with Gasteiger partial charge < -0.3 is 4.55 Å². The summed E-state index contributed by atoms with van der Waals surface area (Å²) in [5, 5.41) is 0.469. The van der Waals surface area contributed by atoms with E-state index in [1.807, 2.05) is 20.8 Å². The second kappa shape index (κ2) is 5.57. The van der Waals surface area contributed by atoms with Crippen molar-refractivity contribution < 1.29 is 8.94 Å².